The quantitative estimate of drug-likeness (QED) is 0.592. The smallest absolute Gasteiger partial charge is 0.120 e. The van der Waals surface area contributed by atoms with Crippen molar-refractivity contribution in [3.8, 4) is 0 Å². The van der Waals surface area contributed by atoms with E-state index in [-0.39, 0.29) is 0 Å². The van der Waals surface area contributed by atoms with Gasteiger partial charge in [-0.25, -0.2) is 4.39 Å². The first-order valence-corrected chi connectivity index (χ1v) is 4.04. The van der Waals surface area contributed by atoms with E-state index in [0.717, 1.165) is 19.4 Å². The zero-order valence-corrected chi connectivity index (χ0v) is 6.78. The first-order valence-electron chi connectivity index (χ1n) is 4.04. The fourth-order valence-corrected chi connectivity index (χ4v) is 1.57. The molecule has 1 unspecified atom stereocenters. The Labute approximate surface area is 62.0 Å². The van der Waals surface area contributed by atoms with Gasteiger partial charge < -0.3 is 5.32 Å². The number of nitrogens with one attached hydrogen (secondary N) is 1. The summed E-state index contributed by atoms with van der Waals surface area (Å²) in [6.07, 6.45) is 1.82. The molecule has 0 saturated carbocycles. The molecule has 0 aliphatic carbocycles. The molecule has 1 rings (SSSR count). The van der Waals surface area contributed by atoms with Crippen molar-refractivity contribution in [2.75, 3.05) is 13.1 Å². The van der Waals surface area contributed by atoms with E-state index in [1.807, 2.05) is 0 Å². The van der Waals surface area contributed by atoms with Crippen LogP contribution in [0.4, 0.5) is 4.39 Å². The van der Waals surface area contributed by atoms with Gasteiger partial charge in [0, 0.05) is 6.54 Å². The summed E-state index contributed by atoms with van der Waals surface area (Å²) >= 11 is 0. The summed E-state index contributed by atoms with van der Waals surface area (Å²) in [4.78, 5) is 0. The Kier molecular flexibility index (Phi) is 2.29. The summed E-state index contributed by atoms with van der Waals surface area (Å²) < 4.78 is 13.2. The minimum atomic E-state index is -0.959. The molecule has 1 saturated heterocycles. The number of piperidine rings is 1. The molecule has 10 heavy (non-hydrogen) atoms. The molecule has 2 heteroatoms. The summed E-state index contributed by atoms with van der Waals surface area (Å²) in [7, 11) is 0. The van der Waals surface area contributed by atoms with Crippen molar-refractivity contribution in [1.82, 2.24) is 5.32 Å². The molecular weight excluding hydrogens is 129 g/mol. The summed E-state index contributed by atoms with van der Waals surface area (Å²) in [5.41, 5.74) is -0.959. The van der Waals surface area contributed by atoms with Crippen molar-refractivity contribution in [2.24, 2.45) is 5.92 Å². The van der Waals surface area contributed by atoms with Gasteiger partial charge in [0.05, 0.1) is 0 Å². The number of rotatable bonds is 1. The number of halogens is 1. The van der Waals surface area contributed by atoms with E-state index in [9.17, 15) is 4.39 Å². The molecule has 0 spiro atoms. The molecule has 1 N–H and O–H groups in total. The molecule has 1 aliphatic rings. The maximum Gasteiger partial charge on any atom is 0.120 e. The molecule has 0 aromatic carbocycles. The average molecular weight is 145 g/mol. The van der Waals surface area contributed by atoms with Gasteiger partial charge in [-0.3, -0.25) is 0 Å². The molecule has 1 fully saturated rings. The molecule has 1 heterocycles. The second kappa shape index (κ2) is 2.87. The fourth-order valence-electron chi connectivity index (χ4n) is 1.57. The molecule has 0 aromatic heterocycles. The minimum absolute atomic E-state index is 0.531. The second-order valence-electron chi connectivity index (χ2n) is 3.52. The minimum Gasteiger partial charge on any atom is -0.313 e. The van der Waals surface area contributed by atoms with Crippen molar-refractivity contribution in [3.63, 3.8) is 0 Å². The van der Waals surface area contributed by atoms with Crippen molar-refractivity contribution in [3.05, 3.63) is 0 Å². The van der Waals surface area contributed by atoms with Crippen LogP contribution >= 0.6 is 0 Å². The molecule has 0 radical (unpaired) electrons. The van der Waals surface area contributed by atoms with Crippen LogP contribution in [0.5, 0.6) is 0 Å². The normalized spacial score (nSPS) is 41.7. The average Bonchev–Trinajstić information content (AvgIpc) is 1.86. The van der Waals surface area contributed by atoms with E-state index >= 15 is 0 Å². The van der Waals surface area contributed by atoms with Gasteiger partial charge in [0.2, 0.25) is 0 Å². The third-order valence-electron chi connectivity index (χ3n) is 2.22. The molecule has 1 nitrogen and oxygen atoms in total. The Balaban J connectivity index is 2.40. The van der Waals surface area contributed by atoms with Gasteiger partial charge in [0.1, 0.15) is 5.67 Å². The third-order valence-corrected chi connectivity index (χ3v) is 2.22. The van der Waals surface area contributed by atoms with Crippen LogP contribution in [-0.4, -0.2) is 18.8 Å². The first-order chi connectivity index (χ1) is 4.64. The molecule has 0 amide bonds. The van der Waals surface area contributed by atoms with Crippen molar-refractivity contribution in [1.29, 1.82) is 0 Å². The molecule has 2 atom stereocenters. The number of hydrogen-bond acceptors (Lipinski definition) is 1. The van der Waals surface area contributed by atoms with Crippen LogP contribution in [0.1, 0.15) is 26.7 Å². The maximum absolute atomic E-state index is 13.2. The van der Waals surface area contributed by atoms with Crippen LogP contribution in [0, 0.1) is 5.92 Å². The lowest BCUT2D eigenvalue weighted by Gasteiger charge is -2.31. The summed E-state index contributed by atoms with van der Waals surface area (Å²) in [6.45, 7) is 5.33. The van der Waals surface area contributed by atoms with Gasteiger partial charge in [0.15, 0.2) is 0 Å². The van der Waals surface area contributed by atoms with Gasteiger partial charge >= 0.3 is 0 Å². The highest BCUT2D eigenvalue weighted by molar-refractivity contribution is 4.85. The Morgan fingerprint density at radius 3 is 2.80 bits per heavy atom. The monoisotopic (exact) mass is 145 g/mol. The van der Waals surface area contributed by atoms with E-state index in [2.05, 4.69) is 12.2 Å². The predicted molar refractivity (Wildman–Crippen MR) is 40.8 cm³/mol. The SMILES string of the molecule is CCC1CNC[C@@](C)(F)C1. The van der Waals surface area contributed by atoms with Crippen LogP contribution in [0.15, 0.2) is 0 Å². The summed E-state index contributed by atoms with van der Waals surface area (Å²) in [6, 6.07) is 0. The zero-order valence-electron chi connectivity index (χ0n) is 6.78. The van der Waals surface area contributed by atoms with Gasteiger partial charge in [-0.1, -0.05) is 13.3 Å². The van der Waals surface area contributed by atoms with Gasteiger partial charge in [-0.15, -0.1) is 0 Å². The predicted octanol–water partition coefficient (Wildman–Crippen LogP) is 1.73. The highest BCUT2D eigenvalue weighted by Crippen LogP contribution is 2.25. The van der Waals surface area contributed by atoms with E-state index < -0.39 is 5.67 Å². The highest BCUT2D eigenvalue weighted by atomic mass is 19.1. The molecule has 60 valence electrons. The lowest BCUT2D eigenvalue weighted by Crippen LogP contribution is -2.44. The summed E-state index contributed by atoms with van der Waals surface area (Å²) in [5, 5.41) is 3.10. The Hall–Kier alpha value is -0.110. The van der Waals surface area contributed by atoms with Crippen molar-refractivity contribution < 1.29 is 4.39 Å². The largest absolute Gasteiger partial charge is 0.313 e. The second-order valence-corrected chi connectivity index (χ2v) is 3.52. The van der Waals surface area contributed by atoms with Crippen molar-refractivity contribution in [2.45, 2.75) is 32.4 Å². The molecule has 1 aliphatic heterocycles. The first kappa shape index (κ1) is 7.99. The van der Waals surface area contributed by atoms with Gasteiger partial charge in [-0.2, -0.15) is 0 Å². The number of alkyl halides is 1. The lowest BCUT2D eigenvalue weighted by molar-refractivity contribution is 0.109. The molecular formula is C8H16FN. The van der Waals surface area contributed by atoms with E-state index in [1.165, 1.54) is 0 Å². The topological polar surface area (TPSA) is 12.0 Å². The molecule has 0 bridgehead atoms. The summed E-state index contributed by atoms with van der Waals surface area (Å²) in [5.74, 6) is 0.545. The van der Waals surface area contributed by atoms with Crippen LogP contribution < -0.4 is 5.32 Å². The van der Waals surface area contributed by atoms with E-state index in [4.69, 9.17) is 0 Å². The van der Waals surface area contributed by atoms with Crippen LogP contribution in [-0.2, 0) is 0 Å². The number of hydrogen-bond donors (Lipinski definition) is 1. The van der Waals surface area contributed by atoms with Crippen LogP contribution in [0.2, 0.25) is 0 Å². The van der Waals surface area contributed by atoms with E-state index in [0.29, 0.717) is 12.5 Å². The Morgan fingerprint density at radius 2 is 2.40 bits per heavy atom. The Bertz CT molecular complexity index is 112. The van der Waals surface area contributed by atoms with Gasteiger partial charge in [-0.05, 0) is 25.8 Å². The van der Waals surface area contributed by atoms with E-state index in [1.54, 1.807) is 6.92 Å². The third kappa shape index (κ3) is 1.94. The van der Waals surface area contributed by atoms with Crippen LogP contribution in [0.3, 0.4) is 0 Å². The zero-order chi connectivity index (χ0) is 7.61. The Morgan fingerprint density at radius 1 is 1.70 bits per heavy atom. The highest BCUT2D eigenvalue weighted by Gasteiger charge is 2.30. The standard InChI is InChI=1S/C8H16FN/c1-3-7-4-8(2,9)6-10-5-7/h7,10H,3-6H2,1-2H3/t7?,8-/m0/s1. The molecule has 0 aromatic rings. The van der Waals surface area contributed by atoms with Crippen LogP contribution in [0.25, 0.3) is 0 Å². The lowest BCUT2D eigenvalue weighted by atomic mass is 9.88. The van der Waals surface area contributed by atoms with Gasteiger partial charge in [0.25, 0.3) is 0 Å². The maximum atomic E-state index is 13.2. The fraction of sp³-hybridized carbons (Fsp3) is 1.00. The van der Waals surface area contributed by atoms with Crippen molar-refractivity contribution >= 4 is 0 Å².